The maximum absolute atomic E-state index is 11.8. The van der Waals surface area contributed by atoms with Gasteiger partial charge in [0.05, 0.1) is 0 Å². The lowest BCUT2D eigenvalue weighted by Gasteiger charge is -2.22. The molecule has 72 valence electrons. The summed E-state index contributed by atoms with van der Waals surface area (Å²) in [4.78, 5) is 13.9. The summed E-state index contributed by atoms with van der Waals surface area (Å²) < 4.78 is 0. The SMILES string of the molecule is CC=C1CCN(C2CCCC2)C1=O. The van der Waals surface area contributed by atoms with Crippen molar-refractivity contribution in [3.63, 3.8) is 0 Å². The lowest BCUT2D eigenvalue weighted by atomic mass is 10.2. The summed E-state index contributed by atoms with van der Waals surface area (Å²) in [6.45, 7) is 2.93. The molecule has 2 nitrogen and oxygen atoms in total. The van der Waals surface area contributed by atoms with Crippen LogP contribution >= 0.6 is 0 Å². The second-order valence-electron chi connectivity index (χ2n) is 4.00. The summed E-state index contributed by atoms with van der Waals surface area (Å²) in [5.41, 5.74) is 1.02. The van der Waals surface area contributed by atoms with Crippen molar-refractivity contribution < 1.29 is 4.79 Å². The zero-order chi connectivity index (χ0) is 9.26. The van der Waals surface area contributed by atoms with Gasteiger partial charge >= 0.3 is 0 Å². The highest BCUT2D eigenvalue weighted by atomic mass is 16.2. The van der Waals surface area contributed by atoms with Crippen molar-refractivity contribution in [1.29, 1.82) is 0 Å². The van der Waals surface area contributed by atoms with E-state index < -0.39 is 0 Å². The van der Waals surface area contributed by atoms with E-state index in [0.29, 0.717) is 11.9 Å². The van der Waals surface area contributed by atoms with Crippen LogP contribution in [0.25, 0.3) is 0 Å². The number of carbonyl (C=O) groups is 1. The number of rotatable bonds is 1. The Morgan fingerprint density at radius 2 is 2.08 bits per heavy atom. The third-order valence-corrected chi connectivity index (χ3v) is 3.27. The minimum atomic E-state index is 0.300. The molecule has 1 aliphatic carbocycles. The average Bonchev–Trinajstić information content (AvgIpc) is 2.72. The van der Waals surface area contributed by atoms with Gasteiger partial charge in [-0.25, -0.2) is 0 Å². The number of carbonyl (C=O) groups excluding carboxylic acids is 1. The van der Waals surface area contributed by atoms with Gasteiger partial charge in [-0.3, -0.25) is 4.79 Å². The molecular weight excluding hydrogens is 162 g/mol. The first-order valence-corrected chi connectivity index (χ1v) is 5.29. The molecule has 0 unspecified atom stereocenters. The Balaban J connectivity index is 2.05. The molecule has 0 radical (unpaired) electrons. The summed E-state index contributed by atoms with van der Waals surface area (Å²) in [6.07, 6.45) is 7.99. The van der Waals surface area contributed by atoms with Crippen molar-refractivity contribution in [1.82, 2.24) is 4.90 Å². The lowest BCUT2D eigenvalue weighted by molar-refractivity contribution is -0.126. The van der Waals surface area contributed by atoms with Gasteiger partial charge in [0.2, 0.25) is 5.91 Å². The molecule has 0 aromatic carbocycles. The number of allylic oxidation sites excluding steroid dienone is 1. The Bertz CT molecular complexity index is 238. The predicted octanol–water partition coefficient (Wildman–Crippen LogP) is 2.11. The maximum atomic E-state index is 11.8. The minimum Gasteiger partial charge on any atom is -0.336 e. The molecular formula is C11H17NO. The Labute approximate surface area is 79.6 Å². The number of hydrogen-bond acceptors (Lipinski definition) is 1. The number of likely N-dealkylation sites (tertiary alicyclic amines) is 1. The highest BCUT2D eigenvalue weighted by Crippen LogP contribution is 2.28. The molecule has 2 rings (SSSR count). The van der Waals surface area contributed by atoms with E-state index in [1.165, 1.54) is 25.7 Å². The van der Waals surface area contributed by atoms with Crippen molar-refractivity contribution in [2.75, 3.05) is 6.54 Å². The number of amides is 1. The fourth-order valence-electron chi connectivity index (χ4n) is 2.47. The topological polar surface area (TPSA) is 20.3 Å². The quantitative estimate of drug-likeness (QED) is 0.564. The molecule has 2 heteroatoms. The molecule has 0 aromatic rings. The van der Waals surface area contributed by atoms with Crippen molar-refractivity contribution in [3.05, 3.63) is 11.6 Å². The van der Waals surface area contributed by atoms with E-state index in [1.807, 2.05) is 13.0 Å². The van der Waals surface area contributed by atoms with Crippen LogP contribution in [0.15, 0.2) is 11.6 Å². The van der Waals surface area contributed by atoms with E-state index >= 15 is 0 Å². The molecule has 1 heterocycles. The van der Waals surface area contributed by atoms with Crippen LogP contribution in [-0.2, 0) is 4.79 Å². The Morgan fingerprint density at radius 3 is 2.62 bits per heavy atom. The average molecular weight is 179 g/mol. The molecule has 0 spiro atoms. The summed E-state index contributed by atoms with van der Waals surface area (Å²) in [5, 5.41) is 0. The van der Waals surface area contributed by atoms with Crippen LogP contribution in [0, 0.1) is 0 Å². The summed E-state index contributed by atoms with van der Waals surface area (Å²) in [7, 11) is 0. The van der Waals surface area contributed by atoms with Crippen LogP contribution in [0.1, 0.15) is 39.0 Å². The molecule has 1 amide bonds. The van der Waals surface area contributed by atoms with Gasteiger partial charge in [-0.05, 0) is 26.2 Å². The Morgan fingerprint density at radius 1 is 1.38 bits per heavy atom. The Kier molecular flexibility index (Phi) is 2.38. The summed E-state index contributed by atoms with van der Waals surface area (Å²) in [6, 6.07) is 0.560. The molecule has 0 N–H and O–H groups in total. The van der Waals surface area contributed by atoms with Gasteiger partial charge in [-0.15, -0.1) is 0 Å². The van der Waals surface area contributed by atoms with Gasteiger partial charge in [0.15, 0.2) is 0 Å². The van der Waals surface area contributed by atoms with E-state index in [2.05, 4.69) is 4.90 Å². The van der Waals surface area contributed by atoms with Gasteiger partial charge < -0.3 is 4.90 Å². The predicted molar refractivity (Wildman–Crippen MR) is 52.3 cm³/mol. The molecule has 1 saturated carbocycles. The van der Waals surface area contributed by atoms with E-state index in [0.717, 1.165) is 18.5 Å². The van der Waals surface area contributed by atoms with Crippen molar-refractivity contribution in [2.24, 2.45) is 0 Å². The van der Waals surface area contributed by atoms with E-state index in [4.69, 9.17) is 0 Å². The lowest BCUT2D eigenvalue weighted by Crippen LogP contribution is -2.34. The molecule has 13 heavy (non-hydrogen) atoms. The Hall–Kier alpha value is -0.790. The molecule has 2 fully saturated rings. The van der Waals surface area contributed by atoms with Crippen LogP contribution in [0.3, 0.4) is 0 Å². The van der Waals surface area contributed by atoms with E-state index in [-0.39, 0.29) is 0 Å². The van der Waals surface area contributed by atoms with Crippen molar-refractivity contribution in [2.45, 2.75) is 45.1 Å². The standard InChI is InChI=1S/C11H17NO/c1-2-9-7-8-12(11(9)13)10-5-3-4-6-10/h2,10H,3-8H2,1H3. The van der Waals surface area contributed by atoms with Gasteiger partial charge in [0, 0.05) is 18.2 Å². The largest absolute Gasteiger partial charge is 0.336 e. The number of hydrogen-bond donors (Lipinski definition) is 0. The fourth-order valence-corrected chi connectivity index (χ4v) is 2.47. The van der Waals surface area contributed by atoms with Crippen LogP contribution in [0.5, 0.6) is 0 Å². The monoisotopic (exact) mass is 179 g/mol. The first-order valence-electron chi connectivity index (χ1n) is 5.29. The van der Waals surface area contributed by atoms with Crippen LogP contribution in [0.2, 0.25) is 0 Å². The van der Waals surface area contributed by atoms with Crippen LogP contribution < -0.4 is 0 Å². The zero-order valence-electron chi connectivity index (χ0n) is 8.25. The fraction of sp³-hybridized carbons (Fsp3) is 0.727. The molecule has 0 atom stereocenters. The summed E-state index contributed by atoms with van der Waals surface area (Å²) in [5.74, 6) is 0.300. The summed E-state index contributed by atoms with van der Waals surface area (Å²) >= 11 is 0. The van der Waals surface area contributed by atoms with Crippen molar-refractivity contribution in [3.8, 4) is 0 Å². The van der Waals surface area contributed by atoms with Gasteiger partial charge in [0.25, 0.3) is 0 Å². The second kappa shape index (κ2) is 3.52. The third kappa shape index (κ3) is 1.50. The first kappa shape index (κ1) is 8.79. The second-order valence-corrected chi connectivity index (χ2v) is 4.00. The van der Waals surface area contributed by atoms with Crippen molar-refractivity contribution >= 4 is 5.91 Å². The molecule has 0 bridgehead atoms. The highest BCUT2D eigenvalue weighted by molar-refractivity contribution is 5.95. The van der Waals surface area contributed by atoms with E-state index in [9.17, 15) is 4.79 Å². The van der Waals surface area contributed by atoms with Crippen LogP contribution in [0.4, 0.5) is 0 Å². The minimum absolute atomic E-state index is 0.300. The van der Waals surface area contributed by atoms with E-state index in [1.54, 1.807) is 0 Å². The molecule has 1 saturated heterocycles. The normalized spacial score (nSPS) is 27.9. The molecule has 0 aromatic heterocycles. The first-order chi connectivity index (χ1) is 6.33. The number of nitrogens with zero attached hydrogens (tertiary/aromatic N) is 1. The highest BCUT2D eigenvalue weighted by Gasteiger charge is 2.32. The van der Waals surface area contributed by atoms with Gasteiger partial charge in [-0.2, -0.15) is 0 Å². The van der Waals surface area contributed by atoms with Gasteiger partial charge in [0.1, 0.15) is 0 Å². The zero-order valence-corrected chi connectivity index (χ0v) is 8.25. The maximum Gasteiger partial charge on any atom is 0.249 e. The molecule has 2 aliphatic rings. The van der Waals surface area contributed by atoms with Crippen LogP contribution in [-0.4, -0.2) is 23.4 Å². The third-order valence-electron chi connectivity index (χ3n) is 3.27. The molecule has 1 aliphatic heterocycles. The smallest absolute Gasteiger partial charge is 0.249 e. The van der Waals surface area contributed by atoms with Gasteiger partial charge in [-0.1, -0.05) is 18.9 Å².